The molecule has 1 aromatic rings. The van der Waals surface area contributed by atoms with Crippen LogP contribution in [0.1, 0.15) is 43.4 Å². The molecular weight excluding hydrogens is 240 g/mol. The first-order valence-corrected chi connectivity index (χ1v) is 6.74. The minimum Gasteiger partial charge on any atom is -0.496 e. The molecule has 0 aliphatic rings. The lowest BCUT2D eigenvalue weighted by atomic mass is 9.84. The summed E-state index contributed by atoms with van der Waals surface area (Å²) in [5.74, 6) is 0.469. The lowest BCUT2D eigenvalue weighted by Crippen LogP contribution is -2.22. The van der Waals surface area contributed by atoms with Crippen molar-refractivity contribution in [2.45, 2.75) is 40.5 Å². The highest BCUT2D eigenvalue weighted by Gasteiger charge is 2.30. The van der Waals surface area contributed by atoms with Gasteiger partial charge in [-0.15, -0.1) is 0 Å². The number of rotatable bonds is 5. The van der Waals surface area contributed by atoms with Gasteiger partial charge in [0.25, 0.3) is 0 Å². The van der Waals surface area contributed by atoms with Crippen LogP contribution in [0.4, 0.5) is 0 Å². The van der Waals surface area contributed by atoms with Gasteiger partial charge in [-0.05, 0) is 43.9 Å². The highest BCUT2D eigenvalue weighted by Crippen LogP contribution is 2.36. The number of benzene rings is 1. The number of ether oxygens (including phenoxy) is 2. The molecule has 3 heteroatoms. The molecule has 1 atom stereocenters. The standard InChI is InChI=1S/C16H24O3/c1-7-19-16(17)14(10(2)3)15-12(5)8-11(4)9-13(15)18-6/h8-10,14H,7H2,1-6H3. The fraction of sp³-hybridized carbons (Fsp3) is 0.562. The van der Waals surface area contributed by atoms with E-state index in [0.29, 0.717) is 6.61 Å². The van der Waals surface area contributed by atoms with Gasteiger partial charge in [0.15, 0.2) is 0 Å². The van der Waals surface area contributed by atoms with E-state index in [1.807, 2.05) is 40.7 Å². The van der Waals surface area contributed by atoms with E-state index >= 15 is 0 Å². The summed E-state index contributed by atoms with van der Waals surface area (Å²) < 4.78 is 10.7. The Hall–Kier alpha value is -1.51. The van der Waals surface area contributed by atoms with Gasteiger partial charge >= 0.3 is 5.97 Å². The molecule has 0 saturated heterocycles. The topological polar surface area (TPSA) is 35.5 Å². The van der Waals surface area contributed by atoms with Crippen LogP contribution in [0.3, 0.4) is 0 Å². The second kappa shape index (κ2) is 6.60. The Morgan fingerprint density at radius 1 is 1.26 bits per heavy atom. The van der Waals surface area contributed by atoms with Crippen molar-refractivity contribution in [2.75, 3.05) is 13.7 Å². The fourth-order valence-corrected chi connectivity index (χ4v) is 2.46. The summed E-state index contributed by atoms with van der Waals surface area (Å²) in [7, 11) is 1.64. The van der Waals surface area contributed by atoms with Gasteiger partial charge in [-0.2, -0.15) is 0 Å². The normalized spacial score (nSPS) is 12.4. The SMILES string of the molecule is CCOC(=O)C(c1c(C)cc(C)cc1OC)C(C)C. The Morgan fingerprint density at radius 2 is 1.89 bits per heavy atom. The maximum absolute atomic E-state index is 12.2. The van der Waals surface area contributed by atoms with Gasteiger partial charge < -0.3 is 9.47 Å². The number of hydrogen-bond acceptors (Lipinski definition) is 3. The molecule has 0 heterocycles. The number of esters is 1. The monoisotopic (exact) mass is 264 g/mol. The van der Waals surface area contributed by atoms with Crippen LogP contribution in [0.25, 0.3) is 0 Å². The molecule has 1 rings (SSSR count). The van der Waals surface area contributed by atoms with Gasteiger partial charge in [0.05, 0.1) is 19.6 Å². The Kier molecular flexibility index (Phi) is 5.40. The van der Waals surface area contributed by atoms with Crippen LogP contribution in [0.15, 0.2) is 12.1 Å². The second-order valence-electron chi connectivity index (χ2n) is 5.17. The molecule has 0 radical (unpaired) electrons. The zero-order chi connectivity index (χ0) is 14.6. The predicted octanol–water partition coefficient (Wildman–Crippen LogP) is 3.61. The van der Waals surface area contributed by atoms with E-state index in [4.69, 9.17) is 9.47 Å². The first kappa shape index (κ1) is 15.5. The second-order valence-corrected chi connectivity index (χ2v) is 5.17. The lowest BCUT2D eigenvalue weighted by Gasteiger charge is -2.24. The summed E-state index contributed by atoms with van der Waals surface area (Å²) in [5.41, 5.74) is 3.15. The van der Waals surface area contributed by atoms with Crippen molar-refractivity contribution in [1.29, 1.82) is 0 Å². The van der Waals surface area contributed by atoms with E-state index in [-0.39, 0.29) is 17.8 Å². The lowest BCUT2D eigenvalue weighted by molar-refractivity contribution is -0.146. The highest BCUT2D eigenvalue weighted by atomic mass is 16.5. The van der Waals surface area contributed by atoms with Crippen molar-refractivity contribution < 1.29 is 14.3 Å². The molecular formula is C16H24O3. The third-order valence-corrected chi connectivity index (χ3v) is 3.23. The van der Waals surface area contributed by atoms with E-state index in [2.05, 4.69) is 6.07 Å². The van der Waals surface area contributed by atoms with Crippen LogP contribution in [0.2, 0.25) is 0 Å². The summed E-state index contributed by atoms with van der Waals surface area (Å²) in [6.45, 7) is 10.3. The molecule has 0 bridgehead atoms. The Bertz CT molecular complexity index is 450. The maximum Gasteiger partial charge on any atom is 0.313 e. The molecule has 0 aliphatic heterocycles. The quantitative estimate of drug-likeness (QED) is 0.762. The average Bonchev–Trinajstić information content (AvgIpc) is 2.31. The minimum atomic E-state index is -0.282. The number of aryl methyl sites for hydroxylation is 2. The molecule has 0 spiro atoms. The number of carbonyl (C=O) groups excluding carboxylic acids is 1. The van der Waals surface area contributed by atoms with Crippen LogP contribution < -0.4 is 4.74 Å². The molecule has 19 heavy (non-hydrogen) atoms. The van der Waals surface area contributed by atoms with Crippen molar-refractivity contribution in [2.24, 2.45) is 5.92 Å². The molecule has 106 valence electrons. The van der Waals surface area contributed by atoms with E-state index in [1.165, 1.54) is 0 Å². The van der Waals surface area contributed by atoms with Gasteiger partial charge in [-0.3, -0.25) is 4.79 Å². The number of carbonyl (C=O) groups is 1. The van der Waals surface area contributed by atoms with Gasteiger partial charge in [0.1, 0.15) is 5.75 Å². The number of methoxy groups -OCH3 is 1. The van der Waals surface area contributed by atoms with Crippen molar-refractivity contribution in [3.63, 3.8) is 0 Å². The van der Waals surface area contributed by atoms with Crippen LogP contribution in [-0.4, -0.2) is 19.7 Å². The van der Waals surface area contributed by atoms with Crippen molar-refractivity contribution >= 4 is 5.97 Å². The molecule has 1 unspecified atom stereocenters. The molecule has 0 aliphatic carbocycles. The third-order valence-electron chi connectivity index (χ3n) is 3.23. The summed E-state index contributed by atoms with van der Waals surface area (Å²) in [6.07, 6.45) is 0. The fourth-order valence-electron chi connectivity index (χ4n) is 2.46. The van der Waals surface area contributed by atoms with Crippen molar-refractivity contribution in [3.05, 3.63) is 28.8 Å². The van der Waals surface area contributed by atoms with Crippen LogP contribution in [0, 0.1) is 19.8 Å². The molecule has 0 N–H and O–H groups in total. The smallest absolute Gasteiger partial charge is 0.313 e. The van der Waals surface area contributed by atoms with Gasteiger partial charge in [-0.1, -0.05) is 19.9 Å². The molecule has 0 fully saturated rings. The van der Waals surface area contributed by atoms with Crippen LogP contribution in [-0.2, 0) is 9.53 Å². The molecule has 0 amide bonds. The van der Waals surface area contributed by atoms with E-state index < -0.39 is 0 Å². The molecule has 0 saturated carbocycles. The van der Waals surface area contributed by atoms with Crippen LogP contribution in [0.5, 0.6) is 5.75 Å². The zero-order valence-corrected chi connectivity index (χ0v) is 12.7. The maximum atomic E-state index is 12.2. The van der Waals surface area contributed by atoms with Crippen molar-refractivity contribution in [1.82, 2.24) is 0 Å². The largest absolute Gasteiger partial charge is 0.496 e. The van der Waals surface area contributed by atoms with E-state index in [0.717, 1.165) is 22.4 Å². The van der Waals surface area contributed by atoms with E-state index in [9.17, 15) is 4.79 Å². The Balaban J connectivity index is 3.34. The van der Waals surface area contributed by atoms with Crippen molar-refractivity contribution in [3.8, 4) is 5.75 Å². The molecule has 0 aromatic heterocycles. The summed E-state index contributed by atoms with van der Waals surface area (Å²) >= 11 is 0. The van der Waals surface area contributed by atoms with Gasteiger partial charge in [0.2, 0.25) is 0 Å². The zero-order valence-electron chi connectivity index (χ0n) is 12.7. The Morgan fingerprint density at radius 3 is 2.37 bits per heavy atom. The highest BCUT2D eigenvalue weighted by molar-refractivity contribution is 5.80. The first-order chi connectivity index (χ1) is 8.92. The third kappa shape index (κ3) is 3.49. The summed E-state index contributed by atoms with van der Waals surface area (Å²) in [6, 6.07) is 4.05. The first-order valence-electron chi connectivity index (χ1n) is 6.74. The Labute approximate surface area is 115 Å². The van der Waals surface area contributed by atoms with E-state index in [1.54, 1.807) is 7.11 Å². The minimum absolute atomic E-state index is 0.161. The summed E-state index contributed by atoms with van der Waals surface area (Å²) in [5, 5.41) is 0. The van der Waals surface area contributed by atoms with Gasteiger partial charge in [0, 0.05) is 5.56 Å². The van der Waals surface area contributed by atoms with Crippen LogP contribution >= 0.6 is 0 Å². The molecule has 3 nitrogen and oxygen atoms in total. The average molecular weight is 264 g/mol. The van der Waals surface area contributed by atoms with Gasteiger partial charge in [-0.25, -0.2) is 0 Å². The predicted molar refractivity (Wildman–Crippen MR) is 76.7 cm³/mol. The molecule has 1 aromatic carbocycles. The summed E-state index contributed by atoms with van der Waals surface area (Å²) in [4.78, 5) is 12.2. The number of hydrogen-bond donors (Lipinski definition) is 0.